The summed E-state index contributed by atoms with van der Waals surface area (Å²) in [6.07, 6.45) is 1.24. The van der Waals surface area contributed by atoms with E-state index in [1.165, 1.54) is 0 Å². The zero-order chi connectivity index (χ0) is 23.3. The van der Waals surface area contributed by atoms with Crippen LogP contribution in [0.25, 0.3) is 11.1 Å². The monoisotopic (exact) mass is 436 g/mol. The van der Waals surface area contributed by atoms with Crippen molar-refractivity contribution in [3.8, 4) is 16.9 Å². The number of phenolic OH excluding ortho intramolecular Hbond substituents is 1. The number of hydrogen-bond donors (Lipinski definition) is 5. The second kappa shape index (κ2) is 10.3. The third-order valence-electron chi connectivity index (χ3n) is 5.73. The van der Waals surface area contributed by atoms with Gasteiger partial charge in [0.05, 0.1) is 12.1 Å². The Balaban J connectivity index is 2.06. The molecule has 0 spiro atoms. The minimum Gasteiger partial charge on any atom is -0.508 e. The van der Waals surface area contributed by atoms with Crippen LogP contribution in [0.2, 0.25) is 0 Å². The Bertz CT molecular complexity index is 1000. The molecule has 2 amide bonds. The summed E-state index contributed by atoms with van der Waals surface area (Å²) in [6, 6.07) is 11.5. The van der Waals surface area contributed by atoms with Gasteiger partial charge in [0.25, 0.3) is 0 Å². The normalized spacial score (nSPS) is 21.5. The summed E-state index contributed by atoms with van der Waals surface area (Å²) >= 11 is 0. The van der Waals surface area contributed by atoms with Gasteiger partial charge in [-0.2, -0.15) is 0 Å². The second-order valence-corrected chi connectivity index (χ2v) is 8.14. The number of amides is 2. The molecule has 0 aromatic heterocycles. The minimum atomic E-state index is -0.839. The number of carbonyl (C=O) groups excluding carboxylic acids is 2. The molecule has 2 aromatic rings. The van der Waals surface area contributed by atoms with Crippen LogP contribution in [0.15, 0.2) is 54.7 Å². The summed E-state index contributed by atoms with van der Waals surface area (Å²) in [5, 5.41) is 19.4. The minimum absolute atomic E-state index is 0.104. The summed E-state index contributed by atoms with van der Waals surface area (Å²) in [5.74, 6) is -0.366. The third-order valence-corrected chi connectivity index (χ3v) is 5.73. The third kappa shape index (κ3) is 5.48. The van der Waals surface area contributed by atoms with Crippen LogP contribution >= 0.6 is 0 Å². The number of phenols is 1. The predicted molar refractivity (Wildman–Crippen MR) is 126 cm³/mol. The van der Waals surface area contributed by atoms with Crippen LogP contribution in [-0.4, -0.2) is 41.6 Å². The van der Waals surface area contributed by atoms with Gasteiger partial charge in [-0.15, -0.1) is 0 Å². The molecular formula is C25H32N4O3. The summed E-state index contributed by atoms with van der Waals surface area (Å²) < 4.78 is 0. The van der Waals surface area contributed by atoms with E-state index in [0.29, 0.717) is 30.6 Å². The lowest BCUT2D eigenvalue weighted by Gasteiger charge is -2.27. The van der Waals surface area contributed by atoms with Gasteiger partial charge >= 0.3 is 0 Å². The van der Waals surface area contributed by atoms with Gasteiger partial charge in [-0.3, -0.25) is 9.59 Å². The topological polar surface area (TPSA) is 116 Å². The number of nitrogens with two attached hydrogens (primary N) is 1. The highest BCUT2D eigenvalue weighted by Crippen LogP contribution is 2.28. The lowest BCUT2D eigenvalue weighted by molar-refractivity contribution is -0.123. The van der Waals surface area contributed by atoms with Crippen molar-refractivity contribution in [2.75, 3.05) is 6.54 Å². The maximum atomic E-state index is 12.8. The maximum absolute atomic E-state index is 12.8. The number of hydrogen-bond acceptors (Lipinski definition) is 5. The number of likely N-dealkylation sites (N-methyl/N-ethyl adjacent to an activating group) is 1. The second-order valence-electron chi connectivity index (χ2n) is 8.14. The molecule has 0 radical (unpaired) electrons. The molecular weight excluding hydrogens is 404 g/mol. The van der Waals surface area contributed by atoms with Crippen molar-refractivity contribution >= 4 is 11.8 Å². The van der Waals surface area contributed by atoms with Crippen LogP contribution in [0.4, 0.5) is 0 Å². The molecule has 170 valence electrons. The average molecular weight is 437 g/mol. The zero-order valence-electron chi connectivity index (χ0n) is 18.7. The van der Waals surface area contributed by atoms with E-state index in [1.807, 2.05) is 50.2 Å². The van der Waals surface area contributed by atoms with E-state index in [0.717, 1.165) is 16.7 Å². The van der Waals surface area contributed by atoms with Gasteiger partial charge < -0.3 is 26.8 Å². The quantitative estimate of drug-likeness (QED) is 0.505. The van der Waals surface area contributed by atoms with Gasteiger partial charge in [0, 0.05) is 25.1 Å². The lowest BCUT2D eigenvalue weighted by Crippen LogP contribution is -2.51. The molecule has 2 unspecified atom stereocenters. The molecule has 7 nitrogen and oxygen atoms in total. The van der Waals surface area contributed by atoms with E-state index in [4.69, 9.17) is 5.73 Å². The Labute approximate surface area is 189 Å². The molecule has 1 aliphatic heterocycles. The van der Waals surface area contributed by atoms with Crippen LogP contribution in [0.3, 0.4) is 0 Å². The number of carbonyl (C=O) groups is 2. The maximum Gasteiger partial charge on any atom is 0.242 e. The molecule has 0 fully saturated rings. The summed E-state index contributed by atoms with van der Waals surface area (Å²) in [5.41, 5.74) is 10.2. The molecule has 0 aliphatic carbocycles. The van der Waals surface area contributed by atoms with E-state index in [-0.39, 0.29) is 30.0 Å². The first-order valence-corrected chi connectivity index (χ1v) is 11.0. The largest absolute Gasteiger partial charge is 0.508 e. The van der Waals surface area contributed by atoms with Crippen LogP contribution in [0.5, 0.6) is 5.75 Å². The molecule has 3 rings (SSSR count). The lowest BCUT2D eigenvalue weighted by atomic mass is 9.96. The Morgan fingerprint density at radius 3 is 2.62 bits per heavy atom. The van der Waals surface area contributed by atoms with Crippen LogP contribution in [0, 0.1) is 0 Å². The van der Waals surface area contributed by atoms with Gasteiger partial charge in [0.15, 0.2) is 0 Å². The van der Waals surface area contributed by atoms with E-state index in [1.54, 1.807) is 6.07 Å². The van der Waals surface area contributed by atoms with Crippen LogP contribution in [-0.2, 0) is 22.4 Å². The first kappa shape index (κ1) is 23.3. The first-order valence-electron chi connectivity index (χ1n) is 11.0. The molecule has 1 heterocycles. The predicted octanol–water partition coefficient (Wildman–Crippen LogP) is 1.99. The molecule has 0 saturated carbocycles. The number of nitrogens with one attached hydrogen (secondary N) is 3. The standard InChI is InChI=1S/C25H32N4O3/c1-4-21-15(3)28-22(25(32)27-5-2)12-16-7-6-8-17(11-16)18-9-10-23(30)19(13-18)14-20(26)24(31)29-21/h6-11,13,20-22,28,30H,3-5,12,14,26H2,1-2H3,(H,27,32)(H,29,31)/t20?,21-,22?/m0/s1. The molecule has 7 heteroatoms. The number of rotatable bonds is 3. The number of fused-ring (bicyclic) bond motifs is 5. The summed E-state index contributed by atoms with van der Waals surface area (Å²) in [6.45, 7) is 8.41. The fourth-order valence-electron chi connectivity index (χ4n) is 3.92. The molecule has 1 aliphatic rings. The first-order chi connectivity index (χ1) is 15.3. The van der Waals surface area contributed by atoms with Gasteiger partial charge in [0.2, 0.25) is 11.8 Å². The smallest absolute Gasteiger partial charge is 0.242 e. The fourth-order valence-corrected chi connectivity index (χ4v) is 3.92. The molecule has 3 atom stereocenters. The highest BCUT2D eigenvalue weighted by atomic mass is 16.3. The van der Waals surface area contributed by atoms with Crippen molar-refractivity contribution in [2.45, 2.75) is 51.2 Å². The molecule has 0 saturated heterocycles. The van der Waals surface area contributed by atoms with Crippen molar-refractivity contribution < 1.29 is 14.7 Å². The molecule has 32 heavy (non-hydrogen) atoms. The highest BCUT2D eigenvalue weighted by Gasteiger charge is 2.25. The van der Waals surface area contributed by atoms with E-state index in [9.17, 15) is 14.7 Å². The number of aromatic hydroxyl groups is 1. The van der Waals surface area contributed by atoms with Gasteiger partial charge in [-0.05, 0) is 47.7 Å². The molecule has 2 aromatic carbocycles. The van der Waals surface area contributed by atoms with E-state index < -0.39 is 12.1 Å². The van der Waals surface area contributed by atoms with E-state index in [2.05, 4.69) is 22.5 Å². The Morgan fingerprint density at radius 1 is 1.16 bits per heavy atom. The Kier molecular flexibility index (Phi) is 7.53. The average Bonchev–Trinajstić information content (AvgIpc) is 2.78. The van der Waals surface area contributed by atoms with Crippen molar-refractivity contribution in [2.24, 2.45) is 5.73 Å². The van der Waals surface area contributed by atoms with Crippen LogP contribution < -0.4 is 21.7 Å². The van der Waals surface area contributed by atoms with Gasteiger partial charge in [-0.1, -0.05) is 43.8 Å². The summed E-state index contributed by atoms with van der Waals surface area (Å²) in [7, 11) is 0. The van der Waals surface area contributed by atoms with Crippen LogP contribution in [0.1, 0.15) is 31.4 Å². The van der Waals surface area contributed by atoms with Crippen molar-refractivity contribution in [1.82, 2.24) is 16.0 Å². The van der Waals surface area contributed by atoms with Crippen molar-refractivity contribution in [1.29, 1.82) is 0 Å². The SMILES string of the molecule is C=C1NC(C(=O)NCC)Cc2cccc(c2)-c2ccc(O)c(c2)CC(N)C(=O)N[C@H]1CC. The summed E-state index contributed by atoms with van der Waals surface area (Å²) in [4.78, 5) is 25.6. The van der Waals surface area contributed by atoms with Gasteiger partial charge in [0.1, 0.15) is 11.8 Å². The fraction of sp³-hybridized carbons (Fsp3) is 0.360. The zero-order valence-corrected chi connectivity index (χ0v) is 18.7. The molecule has 4 bridgehead atoms. The van der Waals surface area contributed by atoms with Gasteiger partial charge in [-0.25, -0.2) is 0 Å². The Morgan fingerprint density at radius 2 is 1.91 bits per heavy atom. The van der Waals surface area contributed by atoms with Crippen molar-refractivity contribution in [3.63, 3.8) is 0 Å². The molecule has 6 N–H and O–H groups in total. The van der Waals surface area contributed by atoms with E-state index >= 15 is 0 Å². The number of benzene rings is 2. The Hall–Kier alpha value is -3.32. The van der Waals surface area contributed by atoms with Crippen molar-refractivity contribution in [3.05, 3.63) is 65.9 Å². The highest BCUT2D eigenvalue weighted by molar-refractivity contribution is 5.84.